The van der Waals surface area contributed by atoms with Crippen molar-refractivity contribution in [3.05, 3.63) is 12.7 Å². The van der Waals surface area contributed by atoms with Crippen molar-refractivity contribution in [2.45, 2.75) is 32.3 Å². The van der Waals surface area contributed by atoms with Gasteiger partial charge in [0.15, 0.2) is 0 Å². The number of cyclic esters (lactones) is 1. The third-order valence-electron chi connectivity index (χ3n) is 2.35. The first kappa shape index (κ1) is 8.31. The number of ether oxygens (including phenoxy) is 1. The van der Waals surface area contributed by atoms with Crippen molar-refractivity contribution in [2.75, 3.05) is 0 Å². The first-order valence-electron chi connectivity index (χ1n) is 3.96. The number of rotatable bonds is 2. The summed E-state index contributed by atoms with van der Waals surface area (Å²) < 4.78 is 5.20. The Kier molecular flexibility index (Phi) is 2.03. The molecule has 0 radical (unpaired) electrons. The predicted octanol–water partition coefficient (Wildman–Crippen LogP) is 1.90. The lowest BCUT2D eigenvalue weighted by Crippen LogP contribution is -2.31. The van der Waals surface area contributed by atoms with E-state index in [1.807, 2.05) is 13.8 Å². The first-order valence-corrected chi connectivity index (χ1v) is 3.96. The van der Waals surface area contributed by atoms with Gasteiger partial charge in [-0.3, -0.25) is 4.79 Å². The molecule has 1 aliphatic heterocycles. The molecule has 1 aliphatic rings. The molecule has 2 heteroatoms. The van der Waals surface area contributed by atoms with Gasteiger partial charge in [0.1, 0.15) is 5.60 Å². The van der Waals surface area contributed by atoms with E-state index in [0.29, 0.717) is 12.3 Å². The van der Waals surface area contributed by atoms with Gasteiger partial charge in [-0.2, -0.15) is 0 Å². The maximum Gasteiger partial charge on any atom is 0.306 e. The van der Waals surface area contributed by atoms with Crippen LogP contribution in [0.5, 0.6) is 0 Å². The van der Waals surface area contributed by atoms with E-state index in [-0.39, 0.29) is 11.6 Å². The summed E-state index contributed by atoms with van der Waals surface area (Å²) in [6.45, 7) is 7.78. The van der Waals surface area contributed by atoms with Crippen LogP contribution < -0.4 is 0 Å². The average molecular weight is 154 g/mol. The van der Waals surface area contributed by atoms with Gasteiger partial charge in [-0.25, -0.2) is 0 Å². The van der Waals surface area contributed by atoms with Crippen LogP contribution in [-0.2, 0) is 9.53 Å². The highest BCUT2D eigenvalue weighted by molar-refractivity contribution is 5.72. The number of carbonyl (C=O) groups excluding carboxylic acids is 1. The summed E-state index contributed by atoms with van der Waals surface area (Å²) in [6, 6.07) is 0. The second-order valence-electron chi connectivity index (χ2n) is 3.29. The van der Waals surface area contributed by atoms with Crippen LogP contribution in [0, 0.1) is 5.92 Å². The molecule has 1 heterocycles. The van der Waals surface area contributed by atoms with Gasteiger partial charge in [0, 0.05) is 12.8 Å². The SMILES string of the molecule is C=CC1(C(C)C)CCC(=O)O1. The Morgan fingerprint density at radius 3 is 2.55 bits per heavy atom. The highest BCUT2D eigenvalue weighted by Gasteiger charge is 2.40. The van der Waals surface area contributed by atoms with Crippen molar-refractivity contribution >= 4 is 5.97 Å². The molecule has 0 aromatic rings. The second-order valence-corrected chi connectivity index (χ2v) is 3.29. The molecule has 0 bridgehead atoms. The quantitative estimate of drug-likeness (QED) is 0.448. The van der Waals surface area contributed by atoms with E-state index >= 15 is 0 Å². The van der Waals surface area contributed by atoms with E-state index in [0.717, 1.165) is 6.42 Å². The molecule has 1 rings (SSSR count). The lowest BCUT2D eigenvalue weighted by Gasteiger charge is -2.27. The Labute approximate surface area is 67.2 Å². The molecule has 1 atom stereocenters. The molecule has 0 aliphatic carbocycles. The Morgan fingerprint density at radius 1 is 1.73 bits per heavy atom. The number of carbonyl (C=O) groups is 1. The fourth-order valence-corrected chi connectivity index (χ4v) is 1.40. The summed E-state index contributed by atoms with van der Waals surface area (Å²) in [7, 11) is 0. The van der Waals surface area contributed by atoms with Crippen LogP contribution in [0.1, 0.15) is 26.7 Å². The van der Waals surface area contributed by atoms with Crippen LogP contribution in [0.3, 0.4) is 0 Å². The zero-order chi connectivity index (χ0) is 8.48. The zero-order valence-corrected chi connectivity index (χ0v) is 7.09. The molecule has 62 valence electrons. The molecule has 0 N–H and O–H groups in total. The normalized spacial score (nSPS) is 30.6. The van der Waals surface area contributed by atoms with Gasteiger partial charge in [0.05, 0.1) is 0 Å². The summed E-state index contributed by atoms with van der Waals surface area (Å²) in [6.07, 6.45) is 3.07. The second kappa shape index (κ2) is 2.68. The molecule has 11 heavy (non-hydrogen) atoms. The van der Waals surface area contributed by atoms with Crippen molar-refractivity contribution < 1.29 is 9.53 Å². The number of esters is 1. The van der Waals surface area contributed by atoms with Crippen LogP contribution >= 0.6 is 0 Å². The van der Waals surface area contributed by atoms with Crippen molar-refractivity contribution in [3.8, 4) is 0 Å². The van der Waals surface area contributed by atoms with E-state index in [1.54, 1.807) is 6.08 Å². The van der Waals surface area contributed by atoms with Crippen molar-refractivity contribution in [1.82, 2.24) is 0 Å². The van der Waals surface area contributed by atoms with Crippen molar-refractivity contribution in [2.24, 2.45) is 5.92 Å². The summed E-state index contributed by atoms with van der Waals surface area (Å²) in [5, 5.41) is 0. The predicted molar refractivity (Wildman–Crippen MR) is 43.1 cm³/mol. The third-order valence-corrected chi connectivity index (χ3v) is 2.35. The van der Waals surface area contributed by atoms with E-state index in [2.05, 4.69) is 6.58 Å². The van der Waals surface area contributed by atoms with E-state index in [4.69, 9.17) is 4.74 Å². The molecule has 0 saturated carbocycles. The van der Waals surface area contributed by atoms with E-state index in [9.17, 15) is 4.79 Å². The van der Waals surface area contributed by atoms with Crippen LogP contribution in [0.25, 0.3) is 0 Å². The first-order chi connectivity index (χ1) is 5.10. The fourth-order valence-electron chi connectivity index (χ4n) is 1.40. The highest BCUT2D eigenvalue weighted by atomic mass is 16.6. The van der Waals surface area contributed by atoms with Gasteiger partial charge in [-0.1, -0.05) is 20.4 Å². The minimum Gasteiger partial charge on any atom is -0.455 e. The van der Waals surface area contributed by atoms with Crippen LogP contribution in [-0.4, -0.2) is 11.6 Å². The topological polar surface area (TPSA) is 26.3 Å². The number of hydrogen-bond acceptors (Lipinski definition) is 2. The minimum atomic E-state index is -0.378. The Morgan fingerprint density at radius 2 is 2.36 bits per heavy atom. The van der Waals surface area contributed by atoms with Crippen molar-refractivity contribution in [1.29, 1.82) is 0 Å². The maximum atomic E-state index is 10.9. The van der Waals surface area contributed by atoms with E-state index < -0.39 is 0 Å². The Balaban J connectivity index is 2.78. The molecule has 0 spiro atoms. The molecule has 0 aromatic carbocycles. The van der Waals surface area contributed by atoms with Gasteiger partial charge in [-0.15, -0.1) is 0 Å². The maximum absolute atomic E-state index is 10.9. The molecule has 2 nitrogen and oxygen atoms in total. The fraction of sp³-hybridized carbons (Fsp3) is 0.667. The molecular formula is C9H14O2. The Hall–Kier alpha value is -0.790. The monoisotopic (exact) mass is 154 g/mol. The van der Waals surface area contributed by atoms with Crippen molar-refractivity contribution in [3.63, 3.8) is 0 Å². The summed E-state index contributed by atoms with van der Waals surface area (Å²) in [5.41, 5.74) is -0.378. The lowest BCUT2D eigenvalue weighted by atomic mass is 9.88. The third kappa shape index (κ3) is 1.30. The van der Waals surface area contributed by atoms with Crippen LogP contribution in [0.15, 0.2) is 12.7 Å². The van der Waals surface area contributed by atoms with Gasteiger partial charge in [0.25, 0.3) is 0 Å². The largest absolute Gasteiger partial charge is 0.455 e. The molecular weight excluding hydrogens is 140 g/mol. The summed E-state index contributed by atoms with van der Waals surface area (Å²) >= 11 is 0. The summed E-state index contributed by atoms with van der Waals surface area (Å²) in [5.74, 6) is 0.227. The highest BCUT2D eigenvalue weighted by Crippen LogP contribution is 2.34. The molecule has 1 fully saturated rings. The van der Waals surface area contributed by atoms with E-state index in [1.165, 1.54) is 0 Å². The van der Waals surface area contributed by atoms with Crippen LogP contribution in [0.2, 0.25) is 0 Å². The molecule has 0 aromatic heterocycles. The van der Waals surface area contributed by atoms with Gasteiger partial charge in [0.2, 0.25) is 0 Å². The summed E-state index contributed by atoms with van der Waals surface area (Å²) in [4.78, 5) is 10.9. The van der Waals surface area contributed by atoms with Gasteiger partial charge < -0.3 is 4.74 Å². The van der Waals surface area contributed by atoms with Gasteiger partial charge in [-0.05, 0) is 12.0 Å². The van der Waals surface area contributed by atoms with Crippen LogP contribution in [0.4, 0.5) is 0 Å². The smallest absolute Gasteiger partial charge is 0.306 e. The lowest BCUT2D eigenvalue weighted by molar-refractivity contribution is -0.147. The zero-order valence-electron chi connectivity index (χ0n) is 7.09. The minimum absolute atomic E-state index is 0.0985. The molecule has 0 amide bonds. The molecule has 1 saturated heterocycles. The molecule has 1 unspecified atom stereocenters. The van der Waals surface area contributed by atoms with Gasteiger partial charge >= 0.3 is 5.97 Å². The average Bonchev–Trinajstić information content (AvgIpc) is 2.33. The number of hydrogen-bond donors (Lipinski definition) is 0. The Bertz CT molecular complexity index is 184. The standard InChI is InChI=1S/C9H14O2/c1-4-9(7(2)3)6-5-8(10)11-9/h4,7H,1,5-6H2,2-3H3.